The molecule has 0 spiro atoms. The van der Waals surface area contributed by atoms with E-state index in [1.807, 2.05) is 36.4 Å². The van der Waals surface area contributed by atoms with E-state index in [9.17, 15) is 15.2 Å². The van der Waals surface area contributed by atoms with Crippen LogP contribution in [0.15, 0.2) is 35.1 Å². The Morgan fingerprint density at radius 1 is 1.20 bits per heavy atom. The Labute approximate surface area is 178 Å². The Balaban J connectivity index is 2.03. The van der Waals surface area contributed by atoms with Crippen LogP contribution in [0.25, 0.3) is 23.4 Å². The molecule has 1 N–H and O–H groups in total. The zero-order valence-electron chi connectivity index (χ0n) is 16.9. The molecule has 1 aromatic carbocycles. The van der Waals surface area contributed by atoms with Gasteiger partial charge in [0.05, 0.1) is 10.6 Å². The lowest BCUT2D eigenvalue weighted by molar-refractivity contribution is 0.419. The average molecular weight is 419 g/mol. The van der Waals surface area contributed by atoms with Crippen molar-refractivity contribution in [3.63, 3.8) is 0 Å². The van der Waals surface area contributed by atoms with Crippen LogP contribution in [0.2, 0.25) is 0 Å². The maximum atomic E-state index is 13.0. The molecular formula is C23H22N4O2S. The summed E-state index contributed by atoms with van der Waals surface area (Å²) in [6.45, 7) is 3.72. The van der Waals surface area contributed by atoms with E-state index in [-0.39, 0.29) is 17.0 Å². The maximum absolute atomic E-state index is 13.0. The highest BCUT2D eigenvalue weighted by atomic mass is 32.1. The van der Waals surface area contributed by atoms with Gasteiger partial charge in [-0.2, -0.15) is 5.26 Å². The molecule has 0 amide bonds. The minimum atomic E-state index is -0.352. The number of nitriles is 1. The number of aromatic hydroxyl groups is 1. The summed E-state index contributed by atoms with van der Waals surface area (Å²) in [7, 11) is 1.47. The summed E-state index contributed by atoms with van der Waals surface area (Å²) in [4.78, 5) is 21.0. The number of benzene rings is 1. The van der Waals surface area contributed by atoms with E-state index in [1.54, 1.807) is 30.4 Å². The zero-order valence-corrected chi connectivity index (χ0v) is 17.7. The Bertz CT molecular complexity index is 1310. The van der Waals surface area contributed by atoms with Gasteiger partial charge in [-0.15, -0.1) is 0 Å². The van der Waals surface area contributed by atoms with Gasteiger partial charge in [-0.05, 0) is 25.8 Å². The van der Waals surface area contributed by atoms with E-state index in [4.69, 9.17) is 4.98 Å². The zero-order chi connectivity index (χ0) is 21.3. The van der Waals surface area contributed by atoms with Gasteiger partial charge >= 0.3 is 0 Å². The first-order valence-electron chi connectivity index (χ1n) is 9.86. The molecule has 1 fully saturated rings. The smallest absolute Gasteiger partial charge is 0.261 e. The molecule has 6 nitrogen and oxygen atoms in total. The van der Waals surface area contributed by atoms with Gasteiger partial charge in [0.2, 0.25) is 5.88 Å². The third-order valence-electron chi connectivity index (χ3n) is 5.38. The highest BCUT2D eigenvalue weighted by Gasteiger charge is 2.20. The van der Waals surface area contributed by atoms with Crippen LogP contribution in [0, 0.1) is 11.3 Å². The Morgan fingerprint density at radius 2 is 1.90 bits per heavy atom. The van der Waals surface area contributed by atoms with Gasteiger partial charge < -0.3 is 10.0 Å². The molecule has 0 radical (unpaired) electrons. The number of aromatic nitrogens is 2. The van der Waals surface area contributed by atoms with Crippen LogP contribution in [0.5, 0.6) is 5.88 Å². The third kappa shape index (κ3) is 3.40. The lowest BCUT2D eigenvalue weighted by atomic mass is 10.1. The average Bonchev–Trinajstić information content (AvgIpc) is 3.44. The second-order valence-corrected chi connectivity index (χ2v) is 8.21. The van der Waals surface area contributed by atoms with Crippen molar-refractivity contribution in [1.82, 2.24) is 9.55 Å². The van der Waals surface area contributed by atoms with Crippen molar-refractivity contribution in [2.45, 2.75) is 19.8 Å². The molecule has 0 aliphatic carbocycles. The molecule has 0 unspecified atom stereocenters. The van der Waals surface area contributed by atoms with Gasteiger partial charge in [-0.3, -0.25) is 9.36 Å². The normalized spacial score (nSPS) is 15.0. The summed E-state index contributed by atoms with van der Waals surface area (Å²) >= 11 is 1.55. The predicted molar refractivity (Wildman–Crippen MR) is 120 cm³/mol. The van der Waals surface area contributed by atoms with E-state index in [0.29, 0.717) is 10.4 Å². The fraction of sp³-hybridized carbons (Fsp3) is 0.261. The Morgan fingerprint density at radius 3 is 2.53 bits per heavy atom. The number of hydrogen-bond donors (Lipinski definition) is 1. The van der Waals surface area contributed by atoms with Crippen molar-refractivity contribution in [3.8, 4) is 23.2 Å². The molecule has 2 aromatic heterocycles. The first-order valence-corrected chi connectivity index (χ1v) is 10.7. The number of anilines is 1. The van der Waals surface area contributed by atoms with Crippen LogP contribution in [-0.2, 0) is 7.05 Å². The molecule has 1 aliphatic rings. The number of thiazole rings is 1. The van der Waals surface area contributed by atoms with Crippen LogP contribution >= 0.6 is 11.3 Å². The van der Waals surface area contributed by atoms with Gasteiger partial charge in [0.25, 0.3) is 5.56 Å². The quantitative estimate of drug-likeness (QED) is 0.706. The van der Waals surface area contributed by atoms with Crippen molar-refractivity contribution in [1.29, 1.82) is 5.26 Å². The van der Waals surface area contributed by atoms with Crippen molar-refractivity contribution in [2.24, 2.45) is 7.05 Å². The highest BCUT2D eigenvalue weighted by Crippen LogP contribution is 2.34. The molecule has 7 heteroatoms. The Kier molecular flexibility index (Phi) is 5.42. The maximum Gasteiger partial charge on any atom is 0.261 e. The molecule has 152 valence electrons. The van der Waals surface area contributed by atoms with Gasteiger partial charge in [-0.25, -0.2) is 4.98 Å². The number of hydrogen-bond acceptors (Lipinski definition) is 6. The van der Waals surface area contributed by atoms with Gasteiger partial charge in [-0.1, -0.05) is 47.7 Å². The molecule has 4 rings (SSSR count). The van der Waals surface area contributed by atoms with E-state index < -0.39 is 0 Å². The standard InChI is InChI=1S/C23H22N4O2S/c1-3-16-17(21(28)26(2)22(29)18(16)14-24)13-19-20(15-9-5-4-6-10-15)25-23(30-19)27-11-7-8-12-27/h3-6,9-10,13,29H,7-8,11-12H2,1-2H3/b16-3-,17-13-. The van der Waals surface area contributed by atoms with E-state index in [0.717, 1.165) is 51.8 Å². The summed E-state index contributed by atoms with van der Waals surface area (Å²) < 4.78 is 1.11. The second kappa shape index (κ2) is 8.17. The fourth-order valence-corrected chi connectivity index (χ4v) is 4.84. The van der Waals surface area contributed by atoms with Crippen LogP contribution in [0.3, 0.4) is 0 Å². The van der Waals surface area contributed by atoms with Crippen molar-refractivity contribution in [2.75, 3.05) is 18.0 Å². The number of pyridine rings is 1. The van der Waals surface area contributed by atoms with Crippen molar-refractivity contribution >= 4 is 28.6 Å². The largest absolute Gasteiger partial charge is 0.493 e. The second-order valence-electron chi connectivity index (χ2n) is 7.20. The topological polar surface area (TPSA) is 82.1 Å². The molecule has 3 aromatic rings. The minimum absolute atomic E-state index is 0.0939. The summed E-state index contributed by atoms with van der Waals surface area (Å²) in [5, 5.41) is 21.5. The monoisotopic (exact) mass is 418 g/mol. The van der Waals surface area contributed by atoms with Gasteiger partial charge in [0.1, 0.15) is 11.6 Å². The van der Waals surface area contributed by atoms with E-state index >= 15 is 0 Å². The molecule has 1 saturated heterocycles. The van der Waals surface area contributed by atoms with Gasteiger partial charge in [0, 0.05) is 36.1 Å². The van der Waals surface area contributed by atoms with Crippen molar-refractivity contribution in [3.05, 3.63) is 61.6 Å². The van der Waals surface area contributed by atoms with E-state index in [1.165, 1.54) is 7.05 Å². The van der Waals surface area contributed by atoms with E-state index in [2.05, 4.69) is 4.90 Å². The first kappa shape index (κ1) is 19.9. The van der Waals surface area contributed by atoms with Gasteiger partial charge in [0.15, 0.2) is 5.13 Å². The minimum Gasteiger partial charge on any atom is -0.493 e. The number of nitrogens with zero attached hydrogens (tertiary/aromatic N) is 4. The SMILES string of the molecule is C/C=c1\c(C#N)c(O)n(C)c(=O)\c1=C/c1sc(N2CCCC2)nc1-c1ccccc1. The molecule has 0 atom stereocenters. The molecule has 30 heavy (non-hydrogen) atoms. The van der Waals surface area contributed by atoms with Crippen LogP contribution in [-0.4, -0.2) is 27.7 Å². The fourth-order valence-electron chi connectivity index (χ4n) is 3.76. The van der Waals surface area contributed by atoms with Crippen LogP contribution in [0.4, 0.5) is 5.13 Å². The highest BCUT2D eigenvalue weighted by molar-refractivity contribution is 7.16. The summed E-state index contributed by atoms with van der Waals surface area (Å²) in [5.41, 5.74) is 1.54. The predicted octanol–water partition coefficient (Wildman–Crippen LogP) is 2.32. The summed E-state index contributed by atoms with van der Waals surface area (Å²) in [6.07, 6.45) is 5.80. The molecule has 1 aliphatic heterocycles. The van der Waals surface area contributed by atoms with Crippen LogP contribution < -0.4 is 20.9 Å². The van der Waals surface area contributed by atoms with Crippen LogP contribution in [0.1, 0.15) is 30.2 Å². The molecule has 0 saturated carbocycles. The van der Waals surface area contributed by atoms with Crippen molar-refractivity contribution < 1.29 is 5.11 Å². The number of rotatable bonds is 3. The molecule has 0 bridgehead atoms. The lowest BCUT2D eigenvalue weighted by Gasteiger charge is -2.12. The third-order valence-corrected chi connectivity index (χ3v) is 6.44. The summed E-state index contributed by atoms with van der Waals surface area (Å²) in [6, 6.07) is 11.9. The Hall–Kier alpha value is -3.37. The summed E-state index contributed by atoms with van der Waals surface area (Å²) in [5.74, 6) is -0.321. The lowest BCUT2D eigenvalue weighted by Crippen LogP contribution is -2.45. The molecule has 3 heterocycles. The first-order chi connectivity index (χ1) is 14.5. The molecular weight excluding hydrogens is 396 g/mol.